The van der Waals surface area contributed by atoms with E-state index in [9.17, 15) is 9.90 Å². The van der Waals surface area contributed by atoms with Crippen LogP contribution in [-0.2, 0) is 22.4 Å². The number of carbonyl (C=O) groups excluding carboxylic acids is 1. The molecule has 1 unspecified atom stereocenters. The molecule has 1 rings (SSSR count). The van der Waals surface area contributed by atoms with E-state index in [1.54, 1.807) is 0 Å². The first-order valence-electron chi connectivity index (χ1n) is 5.90. The van der Waals surface area contributed by atoms with E-state index in [1.807, 2.05) is 13.8 Å². The summed E-state index contributed by atoms with van der Waals surface area (Å²) in [7, 11) is 1.30. The molecule has 0 saturated carbocycles. The number of rotatable bonds is 7. The van der Waals surface area contributed by atoms with Crippen molar-refractivity contribution < 1.29 is 19.4 Å². The van der Waals surface area contributed by atoms with E-state index in [1.165, 1.54) is 11.8 Å². The van der Waals surface area contributed by atoms with Gasteiger partial charge in [-0.15, -0.1) is 5.10 Å². The summed E-state index contributed by atoms with van der Waals surface area (Å²) in [6.07, 6.45) is -0.0962. The third kappa shape index (κ3) is 3.51. The van der Waals surface area contributed by atoms with Crippen LogP contribution in [0.15, 0.2) is 0 Å². The van der Waals surface area contributed by atoms with Crippen molar-refractivity contribution in [2.75, 3.05) is 20.3 Å². The Morgan fingerprint density at radius 3 is 2.78 bits per heavy atom. The topological polar surface area (TPSA) is 86.5 Å². The number of methoxy groups -OCH3 is 1. The van der Waals surface area contributed by atoms with Gasteiger partial charge in [-0.05, 0) is 13.3 Å². The van der Waals surface area contributed by atoms with Crippen LogP contribution in [0.3, 0.4) is 0 Å². The van der Waals surface area contributed by atoms with Crippen molar-refractivity contribution in [3.63, 3.8) is 0 Å². The molecule has 1 atom stereocenters. The molecule has 1 heterocycles. The van der Waals surface area contributed by atoms with E-state index in [0.29, 0.717) is 18.7 Å². The number of aromatic nitrogens is 3. The standard InChI is InChI=1S/C11H19N3O4/c1-4-9-10(11(16)17-3)12-13-14(9)6-8(15)7-18-5-2/h8,15H,4-7H2,1-3H3. The van der Waals surface area contributed by atoms with Gasteiger partial charge in [0, 0.05) is 6.61 Å². The van der Waals surface area contributed by atoms with Crippen LogP contribution in [-0.4, -0.2) is 52.5 Å². The summed E-state index contributed by atoms with van der Waals surface area (Å²) in [5.74, 6) is -0.516. The highest BCUT2D eigenvalue weighted by atomic mass is 16.5. The van der Waals surface area contributed by atoms with Crippen LogP contribution < -0.4 is 0 Å². The maximum absolute atomic E-state index is 11.4. The first-order chi connectivity index (χ1) is 8.63. The first kappa shape index (κ1) is 14.6. The molecule has 1 N–H and O–H groups in total. The second-order valence-corrected chi connectivity index (χ2v) is 3.73. The van der Waals surface area contributed by atoms with Crippen molar-refractivity contribution >= 4 is 5.97 Å². The lowest BCUT2D eigenvalue weighted by atomic mass is 10.2. The molecular weight excluding hydrogens is 238 g/mol. The summed E-state index contributed by atoms with van der Waals surface area (Å²) in [5, 5.41) is 17.4. The molecule has 0 aromatic carbocycles. The smallest absolute Gasteiger partial charge is 0.360 e. The third-order valence-electron chi connectivity index (χ3n) is 2.45. The minimum Gasteiger partial charge on any atom is -0.464 e. The predicted molar refractivity (Wildman–Crippen MR) is 63.2 cm³/mol. The molecule has 0 aliphatic heterocycles. The normalized spacial score (nSPS) is 12.4. The quantitative estimate of drug-likeness (QED) is 0.693. The monoisotopic (exact) mass is 257 g/mol. The number of carbonyl (C=O) groups is 1. The molecule has 0 radical (unpaired) electrons. The molecule has 0 saturated heterocycles. The number of aliphatic hydroxyl groups is 1. The second kappa shape index (κ2) is 7.07. The van der Waals surface area contributed by atoms with Gasteiger partial charge in [-0.1, -0.05) is 12.1 Å². The molecule has 102 valence electrons. The molecule has 0 aliphatic rings. The maximum atomic E-state index is 11.4. The number of hydrogen-bond donors (Lipinski definition) is 1. The molecule has 0 aliphatic carbocycles. The minimum atomic E-state index is -0.678. The Kier molecular flexibility index (Phi) is 5.73. The van der Waals surface area contributed by atoms with Crippen molar-refractivity contribution in [3.05, 3.63) is 11.4 Å². The van der Waals surface area contributed by atoms with Crippen molar-refractivity contribution in [3.8, 4) is 0 Å². The summed E-state index contributed by atoms with van der Waals surface area (Å²) in [4.78, 5) is 11.4. The fraction of sp³-hybridized carbons (Fsp3) is 0.727. The fourth-order valence-corrected chi connectivity index (χ4v) is 1.59. The van der Waals surface area contributed by atoms with Crippen LogP contribution in [0.25, 0.3) is 0 Å². The molecule has 0 amide bonds. The van der Waals surface area contributed by atoms with Crippen molar-refractivity contribution in [2.24, 2.45) is 0 Å². The van der Waals surface area contributed by atoms with Gasteiger partial charge < -0.3 is 14.6 Å². The minimum absolute atomic E-state index is 0.198. The molecule has 1 aromatic rings. The highest BCUT2D eigenvalue weighted by Gasteiger charge is 2.20. The Morgan fingerprint density at radius 1 is 1.50 bits per heavy atom. The Labute approximate surface area is 106 Å². The van der Waals surface area contributed by atoms with Crippen molar-refractivity contribution in [1.29, 1.82) is 0 Å². The summed E-state index contributed by atoms with van der Waals surface area (Å²) in [6.45, 7) is 4.76. The molecule has 7 nitrogen and oxygen atoms in total. The zero-order valence-electron chi connectivity index (χ0n) is 10.9. The van der Waals surface area contributed by atoms with Crippen LogP contribution >= 0.6 is 0 Å². The molecule has 0 spiro atoms. The summed E-state index contributed by atoms with van der Waals surface area (Å²) >= 11 is 0. The Morgan fingerprint density at radius 2 is 2.22 bits per heavy atom. The van der Waals surface area contributed by atoms with Gasteiger partial charge in [-0.2, -0.15) is 0 Å². The molecule has 1 aromatic heterocycles. The maximum Gasteiger partial charge on any atom is 0.360 e. The average molecular weight is 257 g/mol. The number of aliphatic hydroxyl groups excluding tert-OH is 1. The zero-order valence-corrected chi connectivity index (χ0v) is 10.9. The van der Waals surface area contributed by atoms with Gasteiger partial charge >= 0.3 is 5.97 Å². The van der Waals surface area contributed by atoms with E-state index in [2.05, 4.69) is 15.0 Å². The van der Waals surface area contributed by atoms with Gasteiger partial charge in [0.1, 0.15) is 0 Å². The van der Waals surface area contributed by atoms with E-state index in [-0.39, 0.29) is 18.8 Å². The molecule has 18 heavy (non-hydrogen) atoms. The molecule has 7 heteroatoms. The van der Waals surface area contributed by atoms with Crippen LogP contribution in [0, 0.1) is 0 Å². The van der Waals surface area contributed by atoms with Gasteiger partial charge in [0.2, 0.25) is 0 Å². The van der Waals surface area contributed by atoms with Gasteiger partial charge in [0.25, 0.3) is 0 Å². The molecular formula is C11H19N3O4. The van der Waals surface area contributed by atoms with Gasteiger partial charge in [-0.25, -0.2) is 9.48 Å². The molecule has 0 bridgehead atoms. The lowest BCUT2D eigenvalue weighted by Crippen LogP contribution is -2.24. The summed E-state index contributed by atoms with van der Waals surface area (Å²) in [6, 6.07) is 0. The van der Waals surface area contributed by atoms with Gasteiger partial charge in [-0.3, -0.25) is 0 Å². The summed E-state index contributed by atoms with van der Waals surface area (Å²) < 4.78 is 11.2. The lowest BCUT2D eigenvalue weighted by Gasteiger charge is -2.11. The number of hydrogen-bond acceptors (Lipinski definition) is 6. The lowest BCUT2D eigenvalue weighted by molar-refractivity contribution is 0.0309. The Bertz CT molecular complexity index is 392. The van der Waals surface area contributed by atoms with Crippen molar-refractivity contribution in [2.45, 2.75) is 32.9 Å². The highest BCUT2D eigenvalue weighted by molar-refractivity contribution is 5.88. The van der Waals surface area contributed by atoms with Crippen LogP contribution in [0.4, 0.5) is 0 Å². The Balaban J connectivity index is 2.77. The number of ether oxygens (including phenoxy) is 2. The van der Waals surface area contributed by atoms with E-state index >= 15 is 0 Å². The third-order valence-corrected chi connectivity index (χ3v) is 2.45. The predicted octanol–water partition coefficient (Wildman–Crippen LogP) is 0.0245. The average Bonchev–Trinajstić information content (AvgIpc) is 2.78. The zero-order chi connectivity index (χ0) is 13.5. The SMILES string of the molecule is CCOCC(O)Cn1nnc(C(=O)OC)c1CC. The van der Waals surface area contributed by atoms with E-state index in [0.717, 1.165) is 0 Å². The van der Waals surface area contributed by atoms with E-state index < -0.39 is 12.1 Å². The molecule has 0 fully saturated rings. The number of nitrogens with zero attached hydrogens (tertiary/aromatic N) is 3. The van der Waals surface area contributed by atoms with Crippen molar-refractivity contribution in [1.82, 2.24) is 15.0 Å². The van der Waals surface area contributed by atoms with E-state index in [4.69, 9.17) is 4.74 Å². The van der Waals surface area contributed by atoms with Crippen LogP contribution in [0.1, 0.15) is 30.0 Å². The van der Waals surface area contributed by atoms with Gasteiger partial charge in [0.05, 0.1) is 32.1 Å². The highest BCUT2D eigenvalue weighted by Crippen LogP contribution is 2.08. The van der Waals surface area contributed by atoms with Crippen LogP contribution in [0.5, 0.6) is 0 Å². The number of esters is 1. The first-order valence-corrected chi connectivity index (χ1v) is 5.90. The fourth-order valence-electron chi connectivity index (χ4n) is 1.59. The largest absolute Gasteiger partial charge is 0.464 e. The van der Waals surface area contributed by atoms with Gasteiger partial charge in [0.15, 0.2) is 5.69 Å². The second-order valence-electron chi connectivity index (χ2n) is 3.73. The Hall–Kier alpha value is -1.47. The van der Waals surface area contributed by atoms with Crippen LogP contribution in [0.2, 0.25) is 0 Å². The summed E-state index contributed by atoms with van der Waals surface area (Å²) in [5.41, 5.74) is 0.848.